The van der Waals surface area contributed by atoms with E-state index < -0.39 is 0 Å². The van der Waals surface area contributed by atoms with Crippen molar-refractivity contribution in [1.82, 2.24) is 0 Å². The van der Waals surface area contributed by atoms with Crippen LogP contribution >= 0.6 is 0 Å². The highest BCUT2D eigenvalue weighted by Crippen LogP contribution is 2.27. The second-order valence-electron chi connectivity index (χ2n) is 4.71. The van der Waals surface area contributed by atoms with Crippen LogP contribution < -0.4 is 0 Å². The Bertz CT molecular complexity index is 495. The first-order valence-electron chi connectivity index (χ1n) is 6.38. The van der Waals surface area contributed by atoms with E-state index in [9.17, 15) is 0 Å². The summed E-state index contributed by atoms with van der Waals surface area (Å²) in [6.45, 7) is 6.67. The summed E-state index contributed by atoms with van der Waals surface area (Å²) in [5.41, 5.74) is 6.99. The molecule has 0 unspecified atom stereocenters. The minimum absolute atomic E-state index is 1.17. The topological polar surface area (TPSA) is 0 Å². The fraction of sp³-hybridized carbons (Fsp3) is 0.294. The Hall–Kier alpha value is -1.56. The molecule has 0 heteroatoms. The minimum atomic E-state index is 1.17. The molecule has 0 bridgehead atoms. The van der Waals surface area contributed by atoms with E-state index in [1.165, 1.54) is 40.7 Å². The Labute approximate surface area is 104 Å². The first-order valence-corrected chi connectivity index (χ1v) is 6.38. The molecule has 0 N–H and O–H groups in total. The molecular weight excluding hydrogens is 204 g/mol. The van der Waals surface area contributed by atoms with Crippen LogP contribution in [-0.2, 0) is 6.42 Å². The third-order valence-electron chi connectivity index (χ3n) is 3.26. The highest BCUT2D eigenvalue weighted by molar-refractivity contribution is 5.69. The van der Waals surface area contributed by atoms with E-state index in [4.69, 9.17) is 0 Å². The maximum Gasteiger partial charge on any atom is -0.0149 e. The van der Waals surface area contributed by atoms with E-state index in [2.05, 4.69) is 63.2 Å². The van der Waals surface area contributed by atoms with Crippen LogP contribution in [-0.4, -0.2) is 0 Å². The van der Waals surface area contributed by atoms with Crippen LogP contribution in [0.25, 0.3) is 11.1 Å². The van der Waals surface area contributed by atoms with Gasteiger partial charge in [0.25, 0.3) is 0 Å². The Morgan fingerprint density at radius 2 is 1.65 bits per heavy atom. The van der Waals surface area contributed by atoms with Crippen LogP contribution in [0.15, 0.2) is 42.5 Å². The zero-order chi connectivity index (χ0) is 12.3. The maximum atomic E-state index is 2.32. The summed E-state index contributed by atoms with van der Waals surface area (Å²) >= 11 is 0. The third kappa shape index (κ3) is 2.58. The normalized spacial score (nSPS) is 10.5. The largest absolute Gasteiger partial charge is 0.0651 e. The zero-order valence-corrected chi connectivity index (χ0v) is 11.0. The SMILES string of the molecule is CCCc1cc(C)cc(-c2ccccc2)c1C. The lowest BCUT2D eigenvalue weighted by atomic mass is 9.92. The fourth-order valence-corrected chi connectivity index (χ4v) is 2.38. The van der Waals surface area contributed by atoms with Crippen LogP contribution in [0, 0.1) is 13.8 Å². The van der Waals surface area contributed by atoms with Gasteiger partial charge in [-0.15, -0.1) is 0 Å². The molecule has 2 aromatic carbocycles. The lowest BCUT2D eigenvalue weighted by molar-refractivity contribution is 0.911. The van der Waals surface area contributed by atoms with Gasteiger partial charge in [0.15, 0.2) is 0 Å². The molecule has 0 saturated heterocycles. The van der Waals surface area contributed by atoms with Gasteiger partial charge in [-0.05, 0) is 42.5 Å². The molecule has 2 rings (SSSR count). The van der Waals surface area contributed by atoms with E-state index in [0.717, 1.165) is 0 Å². The van der Waals surface area contributed by atoms with E-state index in [1.807, 2.05) is 0 Å². The molecule has 0 amide bonds. The number of hydrogen-bond acceptors (Lipinski definition) is 0. The van der Waals surface area contributed by atoms with Gasteiger partial charge in [0.2, 0.25) is 0 Å². The van der Waals surface area contributed by atoms with Crippen molar-refractivity contribution in [2.75, 3.05) is 0 Å². The quantitative estimate of drug-likeness (QED) is 0.694. The van der Waals surface area contributed by atoms with E-state index >= 15 is 0 Å². The predicted octanol–water partition coefficient (Wildman–Crippen LogP) is 4.92. The summed E-state index contributed by atoms with van der Waals surface area (Å²) in [5, 5.41) is 0. The molecule has 0 aromatic heterocycles. The second-order valence-corrected chi connectivity index (χ2v) is 4.71. The van der Waals surface area contributed by atoms with Gasteiger partial charge in [-0.2, -0.15) is 0 Å². The van der Waals surface area contributed by atoms with Crippen molar-refractivity contribution in [3.63, 3.8) is 0 Å². The summed E-state index contributed by atoms with van der Waals surface area (Å²) in [5.74, 6) is 0. The Morgan fingerprint density at radius 3 is 2.29 bits per heavy atom. The first kappa shape index (κ1) is 11.9. The van der Waals surface area contributed by atoms with Crippen LogP contribution in [0.4, 0.5) is 0 Å². The van der Waals surface area contributed by atoms with Crippen LogP contribution in [0.1, 0.15) is 30.0 Å². The van der Waals surface area contributed by atoms with Gasteiger partial charge in [0, 0.05) is 0 Å². The number of benzene rings is 2. The summed E-state index contributed by atoms with van der Waals surface area (Å²) in [4.78, 5) is 0. The predicted molar refractivity (Wildman–Crippen MR) is 75.3 cm³/mol. The highest BCUT2D eigenvalue weighted by atomic mass is 14.1. The molecule has 0 saturated carbocycles. The minimum Gasteiger partial charge on any atom is -0.0651 e. The molecule has 2 aromatic rings. The van der Waals surface area contributed by atoms with Crippen molar-refractivity contribution in [1.29, 1.82) is 0 Å². The monoisotopic (exact) mass is 224 g/mol. The van der Waals surface area contributed by atoms with Gasteiger partial charge in [-0.25, -0.2) is 0 Å². The van der Waals surface area contributed by atoms with Gasteiger partial charge in [0.05, 0.1) is 0 Å². The van der Waals surface area contributed by atoms with Gasteiger partial charge in [0.1, 0.15) is 0 Å². The maximum absolute atomic E-state index is 2.32. The fourth-order valence-electron chi connectivity index (χ4n) is 2.38. The average molecular weight is 224 g/mol. The Balaban J connectivity index is 2.54. The van der Waals surface area contributed by atoms with Crippen LogP contribution in [0.2, 0.25) is 0 Å². The van der Waals surface area contributed by atoms with E-state index in [0.29, 0.717) is 0 Å². The van der Waals surface area contributed by atoms with Crippen LogP contribution in [0.3, 0.4) is 0 Å². The van der Waals surface area contributed by atoms with Crippen LogP contribution in [0.5, 0.6) is 0 Å². The van der Waals surface area contributed by atoms with Gasteiger partial charge in [-0.3, -0.25) is 0 Å². The number of aryl methyl sites for hydroxylation is 2. The molecular formula is C17H20. The zero-order valence-electron chi connectivity index (χ0n) is 11.0. The third-order valence-corrected chi connectivity index (χ3v) is 3.26. The number of hydrogen-bond donors (Lipinski definition) is 0. The Kier molecular flexibility index (Phi) is 3.63. The summed E-state index contributed by atoms with van der Waals surface area (Å²) < 4.78 is 0. The van der Waals surface area contributed by atoms with Crippen molar-refractivity contribution >= 4 is 0 Å². The molecule has 0 aliphatic heterocycles. The molecule has 0 aliphatic carbocycles. The number of rotatable bonds is 3. The average Bonchev–Trinajstić information content (AvgIpc) is 2.35. The molecule has 0 heterocycles. The molecule has 17 heavy (non-hydrogen) atoms. The summed E-state index contributed by atoms with van der Waals surface area (Å²) in [6, 6.07) is 15.3. The van der Waals surface area contributed by atoms with Crippen molar-refractivity contribution in [2.45, 2.75) is 33.6 Å². The highest BCUT2D eigenvalue weighted by Gasteiger charge is 2.06. The van der Waals surface area contributed by atoms with Gasteiger partial charge < -0.3 is 0 Å². The molecule has 0 radical (unpaired) electrons. The van der Waals surface area contributed by atoms with Crippen molar-refractivity contribution < 1.29 is 0 Å². The first-order chi connectivity index (χ1) is 8.22. The smallest absolute Gasteiger partial charge is 0.0149 e. The lowest BCUT2D eigenvalue weighted by Crippen LogP contribution is -1.94. The Morgan fingerprint density at radius 1 is 0.941 bits per heavy atom. The second kappa shape index (κ2) is 5.18. The molecule has 0 nitrogen and oxygen atoms in total. The van der Waals surface area contributed by atoms with Crippen molar-refractivity contribution in [3.05, 3.63) is 59.2 Å². The van der Waals surface area contributed by atoms with Crippen molar-refractivity contribution in [2.24, 2.45) is 0 Å². The summed E-state index contributed by atoms with van der Waals surface area (Å²) in [7, 11) is 0. The van der Waals surface area contributed by atoms with Gasteiger partial charge >= 0.3 is 0 Å². The molecule has 0 fully saturated rings. The summed E-state index contributed by atoms with van der Waals surface area (Å²) in [6.07, 6.45) is 2.38. The molecule has 0 atom stereocenters. The molecule has 0 aliphatic rings. The van der Waals surface area contributed by atoms with E-state index in [1.54, 1.807) is 0 Å². The van der Waals surface area contributed by atoms with Gasteiger partial charge in [-0.1, -0.05) is 61.4 Å². The molecule has 0 spiro atoms. The van der Waals surface area contributed by atoms with Crippen molar-refractivity contribution in [3.8, 4) is 11.1 Å². The molecule has 88 valence electrons. The lowest BCUT2D eigenvalue weighted by Gasteiger charge is -2.13. The van der Waals surface area contributed by atoms with E-state index in [-0.39, 0.29) is 0 Å². The standard InChI is InChI=1S/C17H20/c1-4-8-16-11-13(2)12-17(14(16)3)15-9-6-5-7-10-15/h5-7,9-12H,4,8H2,1-3H3.